The first-order valence-corrected chi connectivity index (χ1v) is 7.13. The summed E-state index contributed by atoms with van der Waals surface area (Å²) in [4.78, 5) is 0.105. The molecule has 0 aromatic heterocycles. The molecule has 0 saturated heterocycles. The number of methoxy groups -OCH3 is 1. The molecule has 102 valence electrons. The molecule has 1 aromatic rings. The molecule has 1 rings (SSSR count). The molecule has 18 heavy (non-hydrogen) atoms. The van der Waals surface area contributed by atoms with Crippen molar-refractivity contribution >= 4 is 15.7 Å². The predicted octanol–water partition coefficient (Wildman–Crippen LogP) is 1.55. The van der Waals surface area contributed by atoms with Gasteiger partial charge in [0.25, 0.3) is 0 Å². The van der Waals surface area contributed by atoms with Gasteiger partial charge in [-0.3, -0.25) is 0 Å². The molecule has 0 bridgehead atoms. The Hall–Kier alpha value is -1.27. The lowest BCUT2D eigenvalue weighted by Crippen LogP contribution is -2.30. The highest BCUT2D eigenvalue weighted by atomic mass is 32.2. The van der Waals surface area contributed by atoms with Crippen LogP contribution in [0.3, 0.4) is 0 Å². The first kappa shape index (κ1) is 14.8. The summed E-state index contributed by atoms with van der Waals surface area (Å²) in [6, 6.07) is 4.59. The minimum atomic E-state index is -3.57. The van der Waals surface area contributed by atoms with Gasteiger partial charge in [-0.25, -0.2) is 12.7 Å². The van der Waals surface area contributed by atoms with Crippen molar-refractivity contribution in [3.63, 3.8) is 0 Å². The Morgan fingerprint density at radius 1 is 1.39 bits per heavy atom. The van der Waals surface area contributed by atoms with Crippen LogP contribution in [0, 0.1) is 5.92 Å². The third-order valence-electron chi connectivity index (χ3n) is 2.50. The van der Waals surface area contributed by atoms with Crippen LogP contribution in [-0.4, -0.2) is 33.4 Å². The fourth-order valence-electron chi connectivity index (χ4n) is 1.68. The van der Waals surface area contributed by atoms with Crippen LogP contribution in [0.15, 0.2) is 23.1 Å². The van der Waals surface area contributed by atoms with Gasteiger partial charge in [0.15, 0.2) is 0 Å². The third kappa shape index (κ3) is 3.14. The molecular weight excluding hydrogens is 252 g/mol. The van der Waals surface area contributed by atoms with E-state index in [9.17, 15) is 8.42 Å². The van der Waals surface area contributed by atoms with Gasteiger partial charge in [0.2, 0.25) is 10.0 Å². The van der Waals surface area contributed by atoms with Gasteiger partial charge >= 0.3 is 0 Å². The smallest absolute Gasteiger partial charge is 0.246 e. The van der Waals surface area contributed by atoms with Crippen molar-refractivity contribution in [2.75, 3.05) is 26.4 Å². The van der Waals surface area contributed by atoms with Gasteiger partial charge in [0, 0.05) is 19.3 Å². The van der Waals surface area contributed by atoms with Crippen LogP contribution < -0.4 is 10.5 Å². The first-order chi connectivity index (χ1) is 8.28. The molecular formula is C12H20N2O3S. The van der Waals surface area contributed by atoms with Crippen LogP contribution >= 0.6 is 0 Å². The van der Waals surface area contributed by atoms with Gasteiger partial charge in [-0.05, 0) is 24.1 Å². The number of nitrogens with two attached hydrogens (primary N) is 1. The molecule has 0 spiro atoms. The maximum Gasteiger partial charge on any atom is 0.246 e. The summed E-state index contributed by atoms with van der Waals surface area (Å²) in [5.41, 5.74) is 6.04. The highest BCUT2D eigenvalue weighted by Gasteiger charge is 2.25. The molecule has 0 amide bonds. The summed E-state index contributed by atoms with van der Waals surface area (Å²) in [5, 5.41) is 0. The standard InChI is InChI=1S/C12H20N2O3S/c1-9(2)8-14(3)18(15,16)12-7-10(13)5-6-11(12)17-4/h5-7,9H,8,13H2,1-4H3. The van der Waals surface area contributed by atoms with Crippen molar-refractivity contribution in [3.05, 3.63) is 18.2 Å². The highest BCUT2D eigenvalue weighted by Crippen LogP contribution is 2.28. The average molecular weight is 272 g/mol. The molecule has 0 aliphatic carbocycles. The normalized spacial score (nSPS) is 12.1. The van der Waals surface area contributed by atoms with Crippen molar-refractivity contribution in [3.8, 4) is 5.75 Å². The van der Waals surface area contributed by atoms with Gasteiger partial charge in [-0.2, -0.15) is 0 Å². The molecule has 0 unspecified atom stereocenters. The lowest BCUT2D eigenvalue weighted by Gasteiger charge is -2.20. The largest absolute Gasteiger partial charge is 0.495 e. The fourth-order valence-corrected chi connectivity index (χ4v) is 3.20. The number of sulfonamides is 1. The van der Waals surface area contributed by atoms with Gasteiger partial charge in [0.1, 0.15) is 10.6 Å². The summed E-state index contributed by atoms with van der Waals surface area (Å²) < 4.78 is 31.2. The predicted molar refractivity (Wildman–Crippen MR) is 72.1 cm³/mol. The fraction of sp³-hybridized carbons (Fsp3) is 0.500. The lowest BCUT2D eigenvalue weighted by atomic mass is 10.2. The number of nitrogen functional groups attached to an aromatic ring is 1. The summed E-state index contributed by atoms with van der Waals surface area (Å²) in [5.74, 6) is 0.552. The van der Waals surface area contributed by atoms with E-state index in [4.69, 9.17) is 10.5 Å². The molecule has 0 aliphatic heterocycles. The molecule has 0 radical (unpaired) electrons. The van der Waals surface area contributed by atoms with Gasteiger partial charge in [-0.1, -0.05) is 13.8 Å². The van der Waals surface area contributed by atoms with Crippen LogP contribution in [0.1, 0.15) is 13.8 Å². The minimum Gasteiger partial charge on any atom is -0.495 e. The number of rotatable bonds is 5. The van der Waals surface area contributed by atoms with E-state index in [2.05, 4.69) is 0 Å². The number of hydrogen-bond donors (Lipinski definition) is 1. The van der Waals surface area contributed by atoms with E-state index >= 15 is 0 Å². The van der Waals surface area contributed by atoms with E-state index in [1.165, 1.54) is 17.5 Å². The second kappa shape index (κ2) is 5.58. The molecule has 6 heteroatoms. The monoisotopic (exact) mass is 272 g/mol. The topological polar surface area (TPSA) is 72.6 Å². The van der Waals surface area contributed by atoms with Crippen LogP contribution in [0.5, 0.6) is 5.75 Å². The molecule has 1 aromatic carbocycles. The second-order valence-corrected chi connectivity index (χ2v) is 6.60. The Morgan fingerprint density at radius 2 is 2.00 bits per heavy atom. The maximum absolute atomic E-state index is 12.4. The van der Waals surface area contributed by atoms with E-state index < -0.39 is 10.0 Å². The zero-order valence-electron chi connectivity index (χ0n) is 11.2. The van der Waals surface area contributed by atoms with Crippen molar-refractivity contribution in [2.45, 2.75) is 18.7 Å². The van der Waals surface area contributed by atoms with Crippen LogP contribution in [0.2, 0.25) is 0 Å². The van der Waals surface area contributed by atoms with E-state index in [0.717, 1.165) is 0 Å². The number of benzene rings is 1. The van der Waals surface area contributed by atoms with E-state index in [1.54, 1.807) is 19.2 Å². The van der Waals surface area contributed by atoms with Gasteiger partial charge in [-0.15, -0.1) is 0 Å². The SMILES string of the molecule is COc1ccc(N)cc1S(=O)(=O)N(C)CC(C)C. The third-order valence-corrected chi connectivity index (χ3v) is 4.34. The van der Waals surface area contributed by atoms with Crippen LogP contribution in [0.4, 0.5) is 5.69 Å². The molecule has 2 N–H and O–H groups in total. The molecule has 0 atom stereocenters. The first-order valence-electron chi connectivity index (χ1n) is 5.69. The van der Waals surface area contributed by atoms with Crippen molar-refractivity contribution in [1.82, 2.24) is 4.31 Å². The second-order valence-electron chi connectivity index (χ2n) is 4.59. The number of hydrogen-bond acceptors (Lipinski definition) is 4. The Bertz CT molecular complexity index is 512. The quantitative estimate of drug-likeness (QED) is 0.825. The van der Waals surface area contributed by atoms with Crippen molar-refractivity contribution in [1.29, 1.82) is 0 Å². The molecule has 0 heterocycles. The van der Waals surface area contributed by atoms with Gasteiger partial charge < -0.3 is 10.5 Å². The molecule has 0 saturated carbocycles. The number of anilines is 1. The molecule has 0 aliphatic rings. The number of nitrogens with zero attached hydrogens (tertiary/aromatic N) is 1. The Kier molecular flexibility index (Phi) is 4.59. The number of ether oxygens (including phenoxy) is 1. The minimum absolute atomic E-state index is 0.105. The van der Waals surface area contributed by atoms with E-state index in [-0.39, 0.29) is 10.8 Å². The summed E-state index contributed by atoms with van der Waals surface area (Å²) >= 11 is 0. The van der Waals surface area contributed by atoms with Crippen molar-refractivity contribution in [2.24, 2.45) is 5.92 Å². The lowest BCUT2D eigenvalue weighted by molar-refractivity contribution is 0.391. The maximum atomic E-state index is 12.4. The Labute approximate surface area is 109 Å². The molecule has 5 nitrogen and oxygen atoms in total. The zero-order chi connectivity index (χ0) is 13.9. The summed E-state index contributed by atoms with van der Waals surface area (Å²) in [7, 11) is -0.580. The highest BCUT2D eigenvalue weighted by molar-refractivity contribution is 7.89. The Balaban J connectivity index is 3.23. The average Bonchev–Trinajstić information content (AvgIpc) is 2.28. The zero-order valence-corrected chi connectivity index (χ0v) is 12.0. The van der Waals surface area contributed by atoms with Gasteiger partial charge in [0.05, 0.1) is 7.11 Å². The Morgan fingerprint density at radius 3 is 2.50 bits per heavy atom. The van der Waals surface area contributed by atoms with E-state index in [1.807, 2.05) is 13.8 Å². The summed E-state index contributed by atoms with van der Waals surface area (Å²) in [6.45, 7) is 4.37. The van der Waals surface area contributed by atoms with Crippen LogP contribution in [0.25, 0.3) is 0 Å². The van der Waals surface area contributed by atoms with Crippen LogP contribution in [-0.2, 0) is 10.0 Å². The summed E-state index contributed by atoms with van der Waals surface area (Å²) in [6.07, 6.45) is 0. The van der Waals surface area contributed by atoms with E-state index in [0.29, 0.717) is 18.0 Å². The van der Waals surface area contributed by atoms with Crippen molar-refractivity contribution < 1.29 is 13.2 Å². The molecule has 0 fully saturated rings.